The van der Waals surface area contributed by atoms with Gasteiger partial charge in [0.05, 0.1) is 29.9 Å². The number of halogens is 2. The fourth-order valence-corrected chi connectivity index (χ4v) is 2.56. The maximum absolute atomic E-state index is 9.10. The van der Waals surface area contributed by atoms with Gasteiger partial charge in [0.15, 0.2) is 5.75 Å². The highest BCUT2D eigenvalue weighted by molar-refractivity contribution is 6.37. The van der Waals surface area contributed by atoms with Gasteiger partial charge in [0, 0.05) is 13.1 Å². The second kappa shape index (κ2) is 11.9. The Balaban J connectivity index is 0.000000450. The zero-order valence-corrected chi connectivity index (χ0v) is 15.1. The van der Waals surface area contributed by atoms with Crippen molar-refractivity contribution in [2.24, 2.45) is 0 Å². The van der Waals surface area contributed by atoms with Gasteiger partial charge < -0.3 is 19.7 Å². The minimum absolute atomic E-state index is 0.570. The van der Waals surface area contributed by atoms with E-state index in [1.165, 1.54) is 0 Å². The molecule has 1 fully saturated rings. The summed E-state index contributed by atoms with van der Waals surface area (Å²) >= 11 is 12.1. The Labute approximate surface area is 156 Å². The lowest BCUT2D eigenvalue weighted by Crippen LogP contribution is -2.36. The summed E-state index contributed by atoms with van der Waals surface area (Å²) in [6, 6.07) is 5.39. The number of unbranched alkanes of at least 4 members (excludes halogenated alkanes) is 1. The molecule has 9 heteroatoms. The van der Waals surface area contributed by atoms with Crippen LogP contribution in [0.25, 0.3) is 0 Å². The topological polar surface area (TPSA) is 96.3 Å². The van der Waals surface area contributed by atoms with Crippen LogP contribution in [0, 0.1) is 0 Å². The normalized spacial score (nSPS) is 14.3. The first-order chi connectivity index (χ1) is 11.9. The summed E-state index contributed by atoms with van der Waals surface area (Å²) in [5.41, 5.74) is 0. The summed E-state index contributed by atoms with van der Waals surface area (Å²) in [7, 11) is 0. The molecule has 0 spiro atoms. The molecule has 0 unspecified atom stereocenters. The summed E-state index contributed by atoms with van der Waals surface area (Å²) in [5.74, 6) is -3.05. The van der Waals surface area contributed by atoms with E-state index >= 15 is 0 Å². The average molecular weight is 394 g/mol. The molecule has 1 aromatic carbocycles. The Morgan fingerprint density at radius 2 is 1.64 bits per heavy atom. The second-order valence-electron chi connectivity index (χ2n) is 5.17. The zero-order valence-electron chi connectivity index (χ0n) is 13.6. The quantitative estimate of drug-likeness (QED) is 0.566. The molecule has 2 N–H and O–H groups in total. The van der Waals surface area contributed by atoms with Gasteiger partial charge in [-0.15, -0.1) is 0 Å². The van der Waals surface area contributed by atoms with Crippen molar-refractivity contribution in [1.82, 2.24) is 4.90 Å². The Morgan fingerprint density at radius 1 is 1.08 bits per heavy atom. The molecule has 0 atom stereocenters. The summed E-state index contributed by atoms with van der Waals surface area (Å²) in [4.78, 5) is 20.6. The largest absolute Gasteiger partial charge is 0.490 e. The molecule has 0 radical (unpaired) electrons. The van der Waals surface area contributed by atoms with E-state index in [2.05, 4.69) is 4.90 Å². The highest BCUT2D eigenvalue weighted by Crippen LogP contribution is 2.32. The summed E-state index contributed by atoms with van der Waals surface area (Å²) in [6.07, 6.45) is 2.11. The molecule has 1 aliphatic rings. The third-order valence-corrected chi connectivity index (χ3v) is 3.92. The molecule has 1 aromatic rings. The number of morpholine rings is 1. The smallest absolute Gasteiger partial charge is 0.414 e. The van der Waals surface area contributed by atoms with Gasteiger partial charge in [-0.1, -0.05) is 29.3 Å². The van der Waals surface area contributed by atoms with Crippen LogP contribution in [0.1, 0.15) is 12.8 Å². The van der Waals surface area contributed by atoms with Crippen LogP contribution >= 0.6 is 23.2 Å². The third-order valence-electron chi connectivity index (χ3n) is 3.32. The van der Waals surface area contributed by atoms with Gasteiger partial charge >= 0.3 is 11.9 Å². The molecule has 7 nitrogen and oxygen atoms in total. The van der Waals surface area contributed by atoms with Crippen LogP contribution in [-0.2, 0) is 14.3 Å². The number of rotatable bonds is 6. The number of carbonyl (C=O) groups is 2. The molecule has 0 aliphatic carbocycles. The van der Waals surface area contributed by atoms with Crippen molar-refractivity contribution in [3.05, 3.63) is 28.2 Å². The number of ether oxygens (including phenoxy) is 2. The fraction of sp³-hybridized carbons (Fsp3) is 0.500. The molecular weight excluding hydrogens is 373 g/mol. The SMILES string of the molecule is Clc1cccc(Cl)c1OCCCCN1CCOCC1.O=C(O)C(=O)O. The van der Waals surface area contributed by atoms with Gasteiger partial charge in [-0.3, -0.25) is 4.90 Å². The van der Waals surface area contributed by atoms with Gasteiger partial charge in [0.25, 0.3) is 0 Å². The summed E-state index contributed by atoms with van der Waals surface area (Å²) in [5, 5.41) is 15.9. The number of hydrogen-bond donors (Lipinski definition) is 2. The van der Waals surface area contributed by atoms with Crippen molar-refractivity contribution in [1.29, 1.82) is 0 Å². The van der Waals surface area contributed by atoms with Crippen LogP contribution in [0.4, 0.5) is 0 Å². The van der Waals surface area contributed by atoms with Crippen LogP contribution in [0.5, 0.6) is 5.75 Å². The molecule has 0 aromatic heterocycles. The third kappa shape index (κ3) is 8.92. The maximum Gasteiger partial charge on any atom is 0.414 e. The molecular formula is C16H21Cl2NO6. The van der Waals surface area contributed by atoms with Gasteiger partial charge in [0.1, 0.15) is 0 Å². The van der Waals surface area contributed by atoms with Crippen molar-refractivity contribution in [3.63, 3.8) is 0 Å². The molecule has 25 heavy (non-hydrogen) atoms. The summed E-state index contributed by atoms with van der Waals surface area (Å²) < 4.78 is 11.0. The van der Waals surface area contributed by atoms with Crippen LogP contribution in [0.15, 0.2) is 18.2 Å². The first-order valence-electron chi connectivity index (χ1n) is 7.75. The van der Waals surface area contributed by atoms with Crippen molar-refractivity contribution < 1.29 is 29.3 Å². The second-order valence-corrected chi connectivity index (χ2v) is 5.99. The number of carboxylic acid groups (broad SMARTS) is 2. The predicted molar refractivity (Wildman–Crippen MR) is 93.7 cm³/mol. The molecule has 1 aliphatic heterocycles. The number of benzene rings is 1. The van der Waals surface area contributed by atoms with Crippen molar-refractivity contribution >= 4 is 35.1 Å². The van der Waals surface area contributed by atoms with E-state index in [1.807, 2.05) is 6.07 Å². The van der Waals surface area contributed by atoms with Crippen molar-refractivity contribution in [2.75, 3.05) is 39.5 Å². The lowest BCUT2D eigenvalue weighted by molar-refractivity contribution is -0.159. The van der Waals surface area contributed by atoms with E-state index in [0.717, 1.165) is 45.7 Å². The van der Waals surface area contributed by atoms with Gasteiger partial charge in [-0.2, -0.15) is 0 Å². The minimum atomic E-state index is -1.82. The molecule has 0 amide bonds. The number of carboxylic acids is 2. The van der Waals surface area contributed by atoms with Crippen molar-refractivity contribution in [3.8, 4) is 5.75 Å². The van der Waals surface area contributed by atoms with Crippen LogP contribution < -0.4 is 4.74 Å². The Kier molecular flexibility index (Phi) is 10.3. The fourth-order valence-electron chi connectivity index (χ4n) is 2.06. The van der Waals surface area contributed by atoms with Gasteiger partial charge in [-0.05, 0) is 31.5 Å². The highest BCUT2D eigenvalue weighted by Gasteiger charge is 2.10. The van der Waals surface area contributed by atoms with Crippen LogP contribution in [-0.4, -0.2) is 66.5 Å². The monoisotopic (exact) mass is 393 g/mol. The lowest BCUT2D eigenvalue weighted by atomic mass is 10.3. The average Bonchev–Trinajstić information content (AvgIpc) is 2.58. The zero-order chi connectivity index (χ0) is 18.7. The number of nitrogens with zero attached hydrogens (tertiary/aromatic N) is 1. The van der Waals surface area contributed by atoms with E-state index in [4.69, 9.17) is 52.5 Å². The number of hydrogen-bond acceptors (Lipinski definition) is 5. The van der Waals surface area contributed by atoms with Gasteiger partial charge in [0.2, 0.25) is 0 Å². The molecule has 2 rings (SSSR count). The van der Waals surface area contributed by atoms with Crippen LogP contribution in [0.2, 0.25) is 10.0 Å². The van der Waals surface area contributed by atoms with E-state index in [0.29, 0.717) is 22.4 Å². The van der Waals surface area contributed by atoms with Crippen molar-refractivity contribution in [2.45, 2.75) is 12.8 Å². The van der Waals surface area contributed by atoms with Crippen LogP contribution in [0.3, 0.4) is 0 Å². The number of para-hydroxylation sites is 1. The molecule has 0 bridgehead atoms. The number of aliphatic carboxylic acids is 2. The Bertz CT molecular complexity index is 531. The highest BCUT2D eigenvalue weighted by atomic mass is 35.5. The van der Waals surface area contributed by atoms with E-state index in [1.54, 1.807) is 12.1 Å². The first kappa shape index (κ1) is 21.5. The molecule has 140 valence electrons. The Hall–Kier alpha value is -1.54. The van der Waals surface area contributed by atoms with Gasteiger partial charge in [-0.25, -0.2) is 9.59 Å². The van der Waals surface area contributed by atoms with E-state index in [-0.39, 0.29) is 0 Å². The minimum Gasteiger partial charge on any atom is -0.490 e. The predicted octanol–water partition coefficient (Wildman–Crippen LogP) is 2.64. The standard InChI is InChI=1S/C14H19Cl2NO2.C2H2O4/c15-12-4-3-5-13(16)14(12)19-9-2-1-6-17-7-10-18-11-8-17;3-1(4)2(5)6/h3-5H,1-2,6-11H2;(H,3,4)(H,5,6). The first-order valence-corrected chi connectivity index (χ1v) is 8.50. The Morgan fingerprint density at radius 3 is 2.16 bits per heavy atom. The van der Waals surface area contributed by atoms with E-state index < -0.39 is 11.9 Å². The molecule has 1 heterocycles. The summed E-state index contributed by atoms with van der Waals surface area (Å²) in [6.45, 7) is 5.53. The molecule has 1 saturated heterocycles. The lowest BCUT2D eigenvalue weighted by Gasteiger charge is -2.26. The van der Waals surface area contributed by atoms with E-state index in [9.17, 15) is 0 Å². The molecule has 0 saturated carbocycles. The maximum atomic E-state index is 9.10.